The van der Waals surface area contributed by atoms with Crippen molar-refractivity contribution < 1.29 is 9.90 Å². The summed E-state index contributed by atoms with van der Waals surface area (Å²) < 4.78 is 0. The van der Waals surface area contributed by atoms with Crippen LogP contribution in [0.15, 0.2) is 6.20 Å². The molecule has 0 fully saturated rings. The lowest BCUT2D eigenvalue weighted by Crippen LogP contribution is -2.18. The van der Waals surface area contributed by atoms with Crippen molar-refractivity contribution in [1.29, 1.82) is 0 Å². The van der Waals surface area contributed by atoms with Gasteiger partial charge in [-0.2, -0.15) is 0 Å². The van der Waals surface area contributed by atoms with E-state index in [2.05, 4.69) is 9.97 Å². The third-order valence-corrected chi connectivity index (χ3v) is 2.26. The summed E-state index contributed by atoms with van der Waals surface area (Å²) in [5, 5.41) is 9.02. The lowest BCUT2D eigenvalue weighted by atomic mass is 9.95. The van der Waals surface area contributed by atoms with Crippen LogP contribution in [0.25, 0.3) is 0 Å². The van der Waals surface area contributed by atoms with Crippen LogP contribution in [0.2, 0.25) is 0 Å². The molecule has 0 bridgehead atoms. The van der Waals surface area contributed by atoms with E-state index < -0.39 is 11.9 Å². The van der Waals surface area contributed by atoms with Gasteiger partial charge in [0.15, 0.2) is 0 Å². The highest BCUT2D eigenvalue weighted by atomic mass is 16.4. The Morgan fingerprint density at radius 2 is 2.29 bits per heavy atom. The summed E-state index contributed by atoms with van der Waals surface area (Å²) in [5.41, 5.74) is 0.979. The summed E-state index contributed by atoms with van der Waals surface area (Å²) in [5.74, 6) is -0.750. The molecular formula is C10H16N2O2. The highest BCUT2D eigenvalue weighted by Gasteiger charge is 2.26. The summed E-state index contributed by atoms with van der Waals surface area (Å²) in [6.45, 7) is 5.77. The summed E-state index contributed by atoms with van der Waals surface area (Å²) >= 11 is 0. The fourth-order valence-corrected chi connectivity index (χ4v) is 1.43. The summed E-state index contributed by atoms with van der Waals surface area (Å²) in [7, 11) is 0. The van der Waals surface area contributed by atoms with E-state index in [0.29, 0.717) is 5.82 Å². The number of hydrogen-bond acceptors (Lipinski definition) is 2. The average Bonchev–Trinajstić information content (AvgIpc) is 2.51. The molecule has 1 unspecified atom stereocenters. The quantitative estimate of drug-likeness (QED) is 0.771. The first-order valence-corrected chi connectivity index (χ1v) is 4.82. The van der Waals surface area contributed by atoms with Crippen LogP contribution >= 0.6 is 0 Å². The van der Waals surface area contributed by atoms with Crippen molar-refractivity contribution in [2.45, 2.75) is 33.1 Å². The maximum atomic E-state index is 11.0. The molecule has 0 aromatic carbocycles. The molecule has 1 aromatic rings. The lowest BCUT2D eigenvalue weighted by Gasteiger charge is -2.12. The number of hydrogen-bond donors (Lipinski definition) is 2. The Hall–Kier alpha value is -1.32. The Kier molecular flexibility index (Phi) is 3.28. The Bertz CT molecular complexity index is 318. The zero-order valence-electron chi connectivity index (χ0n) is 8.74. The predicted octanol–water partition coefficient (Wildman–Crippen LogP) is 1.80. The largest absolute Gasteiger partial charge is 0.481 e. The van der Waals surface area contributed by atoms with Crippen LogP contribution in [-0.4, -0.2) is 21.0 Å². The van der Waals surface area contributed by atoms with E-state index >= 15 is 0 Å². The topological polar surface area (TPSA) is 66.0 Å². The smallest absolute Gasteiger partial charge is 0.314 e. The molecule has 0 amide bonds. The van der Waals surface area contributed by atoms with Gasteiger partial charge in [-0.25, -0.2) is 4.98 Å². The number of rotatable bonds is 4. The van der Waals surface area contributed by atoms with Crippen LogP contribution in [0.3, 0.4) is 0 Å². The van der Waals surface area contributed by atoms with Crippen molar-refractivity contribution in [3.8, 4) is 0 Å². The van der Waals surface area contributed by atoms with Crippen LogP contribution < -0.4 is 0 Å². The van der Waals surface area contributed by atoms with E-state index in [1.807, 2.05) is 20.8 Å². The van der Waals surface area contributed by atoms with Gasteiger partial charge in [-0.1, -0.05) is 20.8 Å². The number of aliphatic carboxylic acids is 1. The highest BCUT2D eigenvalue weighted by molar-refractivity contribution is 5.75. The van der Waals surface area contributed by atoms with Crippen LogP contribution in [0.4, 0.5) is 0 Å². The minimum atomic E-state index is -0.822. The monoisotopic (exact) mass is 196 g/mol. The number of carbonyl (C=O) groups is 1. The molecule has 78 valence electrons. The fourth-order valence-electron chi connectivity index (χ4n) is 1.43. The van der Waals surface area contributed by atoms with Gasteiger partial charge >= 0.3 is 5.97 Å². The number of carboxylic acid groups (broad SMARTS) is 1. The first-order chi connectivity index (χ1) is 6.56. The molecule has 0 saturated heterocycles. The van der Waals surface area contributed by atoms with Crippen molar-refractivity contribution >= 4 is 5.97 Å². The average molecular weight is 196 g/mol. The number of nitrogens with one attached hydrogen (secondary N) is 1. The number of imidazole rings is 1. The van der Waals surface area contributed by atoms with Crippen molar-refractivity contribution in [2.75, 3.05) is 0 Å². The molecule has 0 saturated carbocycles. The minimum absolute atomic E-state index is 0.0448. The second kappa shape index (κ2) is 4.26. The molecule has 0 aliphatic heterocycles. The van der Waals surface area contributed by atoms with Gasteiger partial charge in [0.25, 0.3) is 0 Å². The van der Waals surface area contributed by atoms with Gasteiger partial charge in [-0.05, 0) is 12.3 Å². The molecule has 0 spiro atoms. The van der Waals surface area contributed by atoms with Gasteiger partial charge < -0.3 is 10.1 Å². The van der Waals surface area contributed by atoms with E-state index in [1.54, 1.807) is 6.20 Å². The van der Waals surface area contributed by atoms with E-state index in [0.717, 1.165) is 12.1 Å². The fraction of sp³-hybridized carbons (Fsp3) is 0.600. The number of carboxylic acids is 1. The highest BCUT2D eigenvalue weighted by Crippen LogP contribution is 2.21. The molecule has 4 nitrogen and oxygen atoms in total. The Morgan fingerprint density at radius 3 is 2.64 bits per heavy atom. The molecule has 1 atom stereocenters. The standard InChI is InChI=1S/C10H16N2O2/c1-4-7-5-11-9(12-7)8(6(2)3)10(13)14/h5-6,8H,4H2,1-3H3,(H,11,12)(H,13,14). The summed E-state index contributed by atoms with van der Waals surface area (Å²) in [4.78, 5) is 18.1. The van der Waals surface area contributed by atoms with Crippen molar-refractivity contribution in [3.05, 3.63) is 17.7 Å². The third kappa shape index (κ3) is 2.13. The molecule has 1 heterocycles. The number of nitrogens with zero attached hydrogens (tertiary/aromatic N) is 1. The van der Waals surface area contributed by atoms with Gasteiger partial charge in [0.2, 0.25) is 0 Å². The van der Waals surface area contributed by atoms with Crippen LogP contribution in [0.1, 0.15) is 38.2 Å². The second-order valence-corrected chi connectivity index (χ2v) is 3.71. The Balaban J connectivity index is 2.93. The Labute approximate surface area is 83.4 Å². The normalized spacial score (nSPS) is 13.1. The number of aryl methyl sites for hydroxylation is 1. The van der Waals surface area contributed by atoms with E-state index in [9.17, 15) is 4.79 Å². The minimum Gasteiger partial charge on any atom is -0.481 e. The molecular weight excluding hydrogens is 180 g/mol. The first-order valence-electron chi connectivity index (χ1n) is 4.82. The zero-order valence-corrected chi connectivity index (χ0v) is 8.74. The lowest BCUT2D eigenvalue weighted by molar-refractivity contribution is -0.140. The molecule has 1 rings (SSSR count). The molecule has 14 heavy (non-hydrogen) atoms. The molecule has 2 N–H and O–H groups in total. The maximum Gasteiger partial charge on any atom is 0.314 e. The number of aromatic nitrogens is 2. The van der Waals surface area contributed by atoms with Crippen LogP contribution in [0, 0.1) is 5.92 Å². The second-order valence-electron chi connectivity index (χ2n) is 3.71. The van der Waals surface area contributed by atoms with E-state index in [-0.39, 0.29) is 5.92 Å². The van der Waals surface area contributed by atoms with E-state index in [1.165, 1.54) is 0 Å². The molecule has 0 radical (unpaired) electrons. The van der Waals surface area contributed by atoms with Crippen LogP contribution in [-0.2, 0) is 11.2 Å². The first kappa shape index (κ1) is 10.8. The van der Waals surface area contributed by atoms with Crippen molar-refractivity contribution in [3.63, 3.8) is 0 Å². The molecule has 4 heteroatoms. The van der Waals surface area contributed by atoms with Gasteiger partial charge in [-0.15, -0.1) is 0 Å². The molecule has 0 aliphatic rings. The Morgan fingerprint density at radius 1 is 1.64 bits per heavy atom. The summed E-state index contributed by atoms with van der Waals surface area (Å²) in [6, 6.07) is 0. The maximum absolute atomic E-state index is 11.0. The van der Waals surface area contributed by atoms with Crippen molar-refractivity contribution in [1.82, 2.24) is 9.97 Å². The zero-order chi connectivity index (χ0) is 10.7. The van der Waals surface area contributed by atoms with Gasteiger partial charge in [-0.3, -0.25) is 4.79 Å². The third-order valence-electron chi connectivity index (χ3n) is 2.26. The number of aromatic amines is 1. The van der Waals surface area contributed by atoms with Crippen LogP contribution in [0.5, 0.6) is 0 Å². The van der Waals surface area contributed by atoms with Gasteiger partial charge in [0.05, 0.1) is 0 Å². The summed E-state index contributed by atoms with van der Waals surface area (Å²) in [6.07, 6.45) is 2.55. The van der Waals surface area contributed by atoms with E-state index in [4.69, 9.17) is 5.11 Å². The SMILES string of the molecule is CCc1cnc(C(C(=O)O)C(C)C)[nH]1. The molecule has 1 aromatic heterocycles. The predicted molar refractivity (Wildman–Crippen MR) is 53.2 cm³/mol. The number of H-pyrrole nitrogens is 1. The van der Waals surface area contributed by atoms with Crippen molar-refractivity contribution in [2.24, 2.45) is 5.92 Å². The molecule has 0 aliphatic carbocycles. The van der Waals surface area contributed by atoms with Gasteiger partial charge in [0.1, 0.15) is 11.7 Å². The van der Waals surface area contributed by atoms with Gasteiger partial charge in [0, 0.05) is 11.9 Å².